The predicted molar refractivity (Wildman–Crippen MR) is 66.8 cm³/mol. The number of halogens is 3. The topological polar surface area (TPSA) is 102 Å². The average Bonchev–Trinajstić information content (AvgIpc) is 2.49. The summed E-state index contributed by atoms with van der Waals surface area (Å²) >= 11 is 0. The Bertz CT molecular complexity index is 533. The highest BCUT2D eigenvalue weighted by molar-refractivity contribution is 5.97. The van der Waals surface area contributed by atoms with Crippen LogP contribution in [0.1, 0.15) is 6.92 Å². The molecule has 0 fully saturated rings. The van der Waals surface area contributed by atoms with Crippen LogP contribution in [0.4, 0.5) is 18.9 Å². The number of hydrogen-bond acceptors (Lipinski definition) is 4. The van der Waals surface area contributed by atoms with Gasteiger partial charge in [-0.1, -0.05) is 12.1 Å². The van der Waals surface area contributed by atoms with Crippen molar-refractivity contribution in [2.75, 3.05) is 5.32 Å². The fraction of sp³-hybridized carbons (Fsp3) is 0.333. The first-order valence-corrected chi connectivity index (χ1v) is 5.75. The second-order valence-corrected chi connectivity index (χ2v) is 4.14. The number of para-hydroxylation sites is 2. The van der Waals surface area contributed by atoms with E-state index in [0.717, 1.165) is 0 Å². The molecule has 1 aliphatic heterocycles. The number of rotatable bonds is 0. The van der Waals surface area contributed by atoms with E-state index in [4.69, 9.17) is 20.4 Å². The maximum absolute atomic E-state index is 11.5. The second kappa shape index (κ2) is 6.44. The average molecular weight is 306 g/mol. The van der Waals surface area contributed by atoms with E-state index in [1.165, 1.54) is 0 Å². The van der Waals surface area contributed by atoms with E-state index in [1.54, 1.807) is 13.0 Å². The van der Waals surface area contributed by atoms with Crippen molar-refractivity contribution in [3.8, 4) is 5.75 Å². The zero-order valence-electron chi connectivity index (χ0n) is 10.8. The molecule has 6 nitrogen and oxygen atoms in total. The molecule has 0 saturated heterocycles. The van der Waals surface area contributed by atoms with Gasteiger partial charge in [-0.2, -0.15) is 13.2 Å². The van der Waals surface area contributed by atoms with Crippen LogP contribution in [0.3, 0.4) is 0 Å². The lowest BCUT2D eigenvalue weighted by Gasteiger charge is -2.15. The molecular weight excluding hydrogens is 293 g/mol. The number of amides is 1. The van der Waals surface area contributed by atoms with E-state index in [0.29, 0.717) is 11.4 Å². The highest BCUT2D eigenvalue weighted by atomic mass is 19.4. The molecule has 1 aromatic rings. The summed E-state index contributed by atoms with van der Waals surface area (Å²) in [6, 6.07) is 6.67. The fourth-order valence-corrected chi connectivity index (χ4v) is 1.38. The quantitative estimate of drug-likeness (QED) is 0.672. The predicted octanol–water partition coefficient (Wildman–Crippen LogP) is 1.37. The molecule has 1 heterocycles. The maximum Gasteiger partial charge on any atom is 0.490 e. The van der Waals surface area contributed by atoms with Crippen LogP contribution in [0.2, 0.25) is 0 Å². The molecule has 0 saturated carbocycles. The van der Waals surface area contributed by atoms with E-state index in [-0.39, 0.29) is 12.0 Å². The van der Waals surface area contributed by atoms with E-state index in [9.17, 15) is 18.0 Å². The second-order valence-electron chi connectivity index (χ2n) is 4.14. The summed E-state index contributed by atoms with van der Waals surface area (Å²) in [7, 11) is 0. The molecule has 1 aromatic carbocycles. The van der Waals surface area contributed by atoms with Gasteiger partial charge in [-0.05, 0) is 19.1 Å². The summed E-state index contributed by atoms with van der Waals surface area (Å²) in [6.07, 6.45) is -5.39. The molecule has 0 aromatic heterocycles. The summed E-state index contributed by atoms with van der Waals surface area (Å²) in [5.41, 5.74) is 6.34. The molecule has 116 valence electrons. The van der Waals surface area contributed by atoms with Gasteiger partial charge in [0.25, 0.3) is 0 Å². The molecule has 1 amide bonds. The fourth-order valence-electron chi connectivity index (χ4n) is 1.38. The summed E-state index contributed by atoms with van der Waals surface area (Å²) in [4.78, 5) is 20.4. The molecule has 0 radical (unpaired) electrons. The van der Waals surface area contributed by atoms with Crippen molar-refractivity contribution < 1.29 is 32.6 Å². The molecule has 0 spiro atoms. The molecule has 9 heteroatoms. The Morgan fingerprint density at radius 1 is 1.38 bits per heavy atom. The van der Waals surface area contributed by atoms with Gasteiger partial charge in [0.15, 0.2) is 0 Å². The first kappa shape index (κ1) is 16.8. The van der Waals surface area contributed by atoms with Gasteiger partial charge in [0, 0.05) is 0 Å². The minimum Gasteiger partial charge on any atom is -0.486 e. The molecule has 0 bridgehead atoms. The lowest BCUT2D eigenvalue weighted by atomic mass is 10.2. The van der Waals surface area contributed by atoms with Gasteiger partial charge in [0.05, 0.1) is 5.69 Å². The van der Waals surface area contributed by atoms with Gasteiger partial charge in [0.1, 0.15) is 17.9 Å². The molecule has 0 unspecified atom stereocenters. The van der Waals surface area contributed by atoms with E-state index in [1.807, 2.05) is 18.2 Å². The molecule has 2 rings (SSSR count). The first-order valence-electron chi connectivity index (χ1n) is 5.75. The summed E-state index contributed by atoms with van der Waals surface area (Å²) in [5.74, 6) is -2.30. The van der Waals surface area contributed by atoms with Crippen molar-refractivity contribution in [3.05, 3.63) is 24.3 Å². The van der Waals surface area contributed by atoms with Gasteiger partial charge < -0.3 is 20.9 Å². The van der Waals surface area contributed by atoms with Crippen molar-refractivity contribution in [2.24, 2.45) is 5.73 Å². The van der Waals surface area contributed by atoms with Gasteiger partial charge >= 0.3 is 12.1 Å². The minimum absolute atomic E-state index is 0.206. The van der Waals surface area contributed by atoms with Crippen LogP contribution in [0, 0.1) is 0 Å². The van der Waals surface area contributed by atoms with Crippen molar-refractivity contribution >= 4 is 17.6 Å². The van der Waals surface area contributed by atoms with Crippen molar-refractivity contribution in [3.63, 3.8) is 0 Å². The van der Waals surface area contributed by atoms with Crippen LogP contribution in [-0.2, 0) is 9.59 Å². The largest absolute Gasteiger partial charge is 0.490 e. The van der Waals surface area contributed by atoms with Gasteiger partial charge in [0.2, 0.25) is 5.91 Å². The smallest absolute Gasteiger partial charge is 0.486 e. The Hall–Kier alpha value is -2.29. The lowest BCUT2D eigenvalue weighted by molar-refractivity contribution is -0.192. The minimum atomic E-state index is -5.08. The number of carbonyl (C=O) groups excluding carboxylic acids is 1. The van der Waals surface area contributed by atoms with E-state index >= 15 is 0 Å². The molecular formula is C12H13F3N2O4. The highest BCUT2D eigenvalue weighted by Crippen LogP contribution is 2.27. The van der Waals surface area contributed by atoms with Crippen LogP contribution in [0.5, 0.6) is 5.75 Å². The SMILES string of the molecule is C[C@@H]1Oc2ccccc2NC(=O)[C@H]1N.O=C(O)C(F)(F)F. The van der Waals surface area contributed by atoms with E-state index < -0.39 is 18.2 Å². The zero-order chi connectivity index (χ0) is 16.2. The molecule has 21 heavy (non-hydrogen) atoms. The van der Waals surface area contributed by atoms with Crippen molar-refractivity contribution in [2.45, 2.75) is 25.2 Å². The number of aliphatic carboxylic acids is 1. The Labute approximate surface area is 117 Å². The zero-order valence-corrected chi connectivity index (χ0v) is 10.8. The number of nitrogens with two attached hydrogens (primary N) is 1. The Balaban J connectivity index is 0.000000270. The van der Waals surface area contributed by atoms with Crippen LogP contribution >= 0.6 is 0 Å². The van der Waals surface area contributed by atoms with E-state index in [2.05, 4.69) is 5.32 Å². The van der Waals surface area contributed by atoms with Gasteiger partial charge in [-0.25, -0.2) is 4.79 Å². The molecule has 2 atom stereocenters. The summed E-state index contributed by atoms with van der Waals surface area (Å²) in [5, 5.41) is 9.84. The van der Waals surface area contributed by atoms with Crippen LogP contribution in [0.15, 0.2) is 24.3 Å². The molecule has 4 N–H and O–H groups in total. The molecule has 1 aliphatic rings. The summed E-state index contributed by atoms with van der Waals surface area (Å²) in [6.45, 7) is 1.78. The lowest BCUT2D eigenvalue weighted by Crippen LogP contribution is -2.44. The number of alkyl halides is 3. The third kappa shape index (κ3) is 4.63. The first-order chi connectivity index (χ1) is 9.62. The highest BCUT2D eigenvalue weighted by Gasteiger charge is 2.38. The Morgan fingerprint density at radius 3 is 2.43 bits per heavy atom. The number of anilines is 1. The molecule has 0 aliphatic carbocycles. The normalized spacial score (nSPS) is 20.9. The number of carbonyl (C=O) groups is 2. The number of fused-ring (bicyclic) bond motifs is 1. The van der Waals surface area contributed by atoms with Crippen LogP contribution in [0.25, 0.3) is 0 Å². The number of carboxylic acid groups (broad SMARTS) is 1. The number of benzene rings is 1. The maximum atomic E-state index is 11.5. The standard InChI is InChI=1S/C10H12N2O2.C2HF3O2/c1-6-9(11)10(13)12-7-4-2-3-5-8(7)14-6;3-2(4,5)1(6)7/h2-6,9H,11H2,1H3,(H,12,13);(H,6,7)/t6-,9-;/m0./s1. The number of hydrogen-bond donors (Lipinski definition) is 3. The Morgan fingerprint density at radius 2 is 1.90 bits per heavy atom. The van der Waals surface area contributed by atoms with Crippen LogP contribution in [-0.4, -0.2) is 35.3 Å². The monoisotopic (exact) mass is 306 g/mol. The third-order valence-corrected chi connectivity index (χ3v) is 2.51. The number of ether oxygens (including phenoxy) is 1. The Kier molecular flexibility index (Phi) is 5.14. The van der Waals surface area contributed by atoms with Crippen molar-refractivity contribution in [1.29, 1.82) is 0 Å². The number of carboxylic acids is 1. The van der Waals surface area contributed by atoms with Crippen LogP contribution < -0.4 is 15.8 Å². The number of nitrogens with one attached hydrogen (secondary N) is 1. The van der Waals surface area contributed by atoms with Gasteiger partial charge in [-0.3, -0.25) is 4.79 Å². The third-order valence-electron chi connectivity index (χ3n) is 2.51. The summed E-state index contributed by atoms with van der Waals surface area (Å²) < 4.78 is 37.3. The van der Waals surface area contributed by atoms with Crippen molar-refractivity contribution in [1.82, 2.24) is 0 Å². The van der Waals surface area contributed by atoms with Gasteiger partial charge in [-0.15, -0.1) is 0 Å².